The maximum atomic E-state index is 14.3. The first-order chi connectivity index (χ1) is 21.0. The van der Waals surface area contributed by atoms with E-state index in [0.29, 0.717) is 36.9 Å². The molecule has 1 fully saturated rings. The monoisotopic (exact) mass is 584 g/mol. The summed E-state index contributed by atoms with van der Waals surface area (Å²) in [6, 6.07) is 15.8. The zero-order valence-corrected chi connectivity index (χ0v) is 24.5. The first-order valence-electron chi connectivity index (χ1n) is 14.9. The van der Waals surface area contributed by atoms with E-state index in [2.05, 4.69) is 17.1 Å². The molecule has 3 heterocycles. The number of hydrogen-bond donors (Lipinski definition) is 2. The van der Waals surface area contributed by atoms with Crippen LogP contribution >= 0.6 is 0 Å². The third kappa shape index (κ3) is 5.82. The molecule has 0 radical (unpaired) electrons. The highest BCUT2D eigenvalue weighted by Gasteiger charge is 2.28. The summed E-state index contributed by atoms with van der Waals surface area (Å²) in [4.78, 5) is 33.2. The number of aromatic nitrogens is 6. The lowest BCUT2D eigenvalue weighted by Crippen LogP contribution is -2.35. The molecule has 6 rings (SSSR count). The average Bonchev–Trinajstić information content (AvgIpc) is 3.64. The van der Waals surface area contributed by atoms with Crippen molar-refractivity contribution in [2.45, 2.75) is 70.9 Å². The van der Waals surface area contributed by atoms with Gasteiger partial charge in [-0.3, -0.25) is 18.9 Å². The molecule has 1 aliphatic carbocycles. The van der Waals surface area contributed by atoms with Crippen molar-refractivity contribution < 1.29 is 14.4 Å². The maximum absolute atomic E-state index is 14.3. The number of ether oxygens (including phenoxy) is 1. The second-order valence-electron chi connectivity index (χ2n) is 11.1. The average molecular weight is 585 g/mol. The number of H-pyrrole nitrogens is 1. The number of aromatic amines is 1. The summed E-state index contributed by atoms with van der Waals surface area (Å²) in [5, 5.41) is 17.7. The Kier molecular flexibility index (Phi) is 8.35. The van der Waals surface area contributed by atoms with Gasteiger partial charge in [-0.05, 0) is 55.7 Å². The molecular formula is C32H36N6O5. The van der Waals surface area contributed by atoms with Gasteiger partial charge in [-0.2, -0.15) is 10.1 Å². The van der Waals surface area contributed by atoms with E-state index in [0.717, 1.165) is 65.6 Å². The molecule has 0 aliphatic heterocycles. The minimum atomic E-state index is -0.601. The van der Waals surface area contributed by atoms with Crippen molar-refractivity contribution in [3.63, 3.8) is 0 Å². The minimum absolute atomic E-state index is 0.00357. The van der Waals surface area contributed by atoms with E-state index in [1.807, 2.05) is 64.5 Å². The van der Waals surface area contributed by atoms with Crippen molar-refractivity contribution in [3.8, 4) is 22.5 Å². The summed E-state index contributed by atoms with van der Waals surface area (Å²) >= 11 is 0. The van der Waals surface area contributed by atoms with Crippen LogP contribution in [0.15, 0.2) is 62.6 Å². The molecule has 1 aliphatic rings. The molecule has 0 saturated heterocycles. The van der Waals surface area contributed by atoms with Crippen molar-refractivity contribution >= 4 is 5.78 Å². The first kappa shape index (κ1) is 28.8. The van der Waals surface area contributed by atoms with Gasteiger partial charge in [0.25, 0.3) is 5.56 Å². The van der Waals surface area contributed by atoms with Gasteiger partial charge in [-0.25, -0.2) is 9.31 Å². The van der Waals surface area contributed by atoms with E-state index in [1.165, 1.54) is 0 Å². The van der Waals surface area contributed by atoms with Crippen LogP contribution in [0, 0.1) is 6.92 Å². The fourth-order valence-electron chi connectivity index (χ4n) is 6.21. The molecule has 2 N–H and O–H groups in total. The number of fused-ring (bicyclic) bond motifs is 1. The Morgan fingerprint density at radius 1 is 1.05 bits per heavy atom. The molecule has 3 aromatic heterocycles. The van der Waals surface area contributed by atoms with Gasteiger partial charge in [0.05, 0.1) is 25.0 Å². The van der Waals surface area contributed by atoms with E-state index >= 15 is 0 Å². The van der Waals surface area contributed by atoms with Crippen LogP contribution in [0.4, 0.5) is 0 Å². The van der Waals surface area contributed by atoms with Gasteiger partial charge in [-0.1, -0.05) is 67.0 Å². The van der Waals surface area contributed by atoms with Gasteiger partial charge in [-0.15, -0.1) is 0 Å². The Labute approximate surface area is 248 Å². The molecule has 224 valence electrons. The normalized spacial score (nSPS) is 17.1. The fraction of sp³-hybridized carbons (Fsp3) is 0.406. The van der Waals surface area contributed by atoms with Crippen molar-refractivity contribution in [1.82, 2.24) is 29.3 Å². The van der Waals surface area contributed by atoms with Crippen LogP contribution in [-0.2, 0) is 17.6 Å². The van der Waals surface area contributed by atoms with Crippen molar-refractivity contribution in [2.75, 3.05) is 13.2 Å². The molecular weight excluding hydrogens is 548 g/mol. The number of nitrogens with one attached hydrogen (secondary N) is 1. The van der Waals surface area contributed by atoms with Gasteiger partial charge in [0, 0.05) is 23.6 Å². The molecule has 1 saturated carbocycles. The maximum Gasteiger partial charge on any atom is 0.439 e. The lowest BCUT2D eigenvalue weighted by Gasteiger charge is -2.30. The Bertz CT molecular complexity index is 1830. The number of aryl methyl sites for hydroxylation is 2. The van der Waals surface area contributed by atoms with Crippen molar-refractivity contribution in [3.05, 3.63) is 92.1 Å². The summed E-state index contributed by atoms with van der Waals surface area (Å²) < 4.78 is 14.2. The Morgan fingerprint density at radius 2 is 1.79 bits per heavy atom. The van der Waals surface area contributed by atoms with Crippen LogP contribution in [0.1, 0.15) is 67.7 Å². The molecule has 11 heteroatoms. The number of aliphatic hydroxyl groups is 1. The Morgan fingerprint density at radius 3 is 2.47 bits per heavy atom. The number of nitrogens with zero attached hydrogens (tertiary/aromatic N) is 5. The third-order valence-electron chi connectivity index (χ3n) is 8.20. The fourth-order valence-corrected chi connectivity index (χ4v) is 6.21. The summed E-state index contributed by atoms with van der Waals surface area (Å²) in [7, 11) is 0. The van der Waals surface area contributed by atoms with E-state index < -0.39 is 5.76 Å². The molecule has 0 bridgehead atoms. The standard InChI is InChI=1S/C32H36N6O5/c1-3-6-28-27(19-21-9-11-22(12-10-21)25-7-4-5-8-26(25)29-34-32(41)43-36-29)30(40)37(31-33-20(2)35-38(28)31)23-13-15-24(16-14-23)42-18-17-39/h4-5,7-12,23-24,39H,3,6,13-19H2,1-2H3,(H,34,36,41)/t23-,24-. The summed E-state index contributed by atoms with van der Waals surface area (Å²) in [6.07, 6.45) is 5.41. The van der Waals surface area contributed by atoms with E-state index in [-0.39, 0.29) is 24.3 Å². The van der Waals surface area contributed by atoms with Crippen molar-refractivity contribution in [2.24, 2.45) is 0 Å². The number of aliphatic hydroxyl groups excluding tert-OH is 1. The van der Waals surface area contributed by atoms with Gasteiger partial charge in [0.15, 0.2) is 5.82 Å². The number of benzene rings is 2. The lowest BCUT2D eigenvalue weighted by molar-refractivity contribution is 0.00158. The van der Waals surface area contributed by atoms with Crippen LogP contribution < -0.4 is 11.3 Å². The second-order valence-corrected chi connectivity index (χ2v) is 11.1. The molecule has 0 amide bonds. The molecule has 0 atom stereocenters. The third-order valence-corrected chi connectivity index (χ3v) is 8.20. The Hall–Kier alpha value is -4.35. The van der Waals surface area contributed by atoms with Crippen LogP contribution in [0.5, 0.6) is 0 Å². The number of hydrogen-bond acceptors (Lipinski definition) is 8. The minimum Gasteiger partial charge on any atom is -0.394 e. The molecule has 0 unspecified atom stereocenters. The van der Waals surface area contributed by atoms with Crippen LogP contribution in [0.3, 0.4) is 0 Å². The molecule has 2 aromatic carbocycles. The highest BCUT2D eigenvalue weighted by atomic mass is 16.5. The van der Waals surface area contributed by atoms with Crippen LogP contribution in [0.2, 0.25) is 0 Å². The van der Waals surface area contributed by atoms with Crippen molar-refractivity contribution in [1.29, 1.82) is 0 Å². The predicted molar refractivity (Wildman–Crippen MR) is 161 cm³/mol. The summed E-state index contributed by atoms with van der Waals surface area (Å²) in [5.74, 6) is 1.02. The zero-order valence-electron chi connectivity index (χ0n) is 24.5. The highest BCUT2D eigenvalue weighted by Crippen LogP contribution is 2.32. The lowest BCUT2D eigenvalue weighted by atomic mass is 9.92. The van der Waals surface area contributed by atoms with E-state index in [1.54, 1.807) is 0 Å². The van der Waals surface area contributed by atoms with Gasteiger partial charge in [0.1, 0.15) is 5.82 Å². The van der Waals surface area contributed by atoms with Gasteiger partial charge < -0.3 is 9.84 Å². The largest absolute Gasteiger partial charge is 0.439 e. The quantitative estimate of drug-likeness (QED) is 0.248. The zero-order chi connectivity index (χ0) is 29.9. The van der Waals surface area contributed by atoms with Gasteiger partial charge in [0.2, 0.25) is 5.78 Å². The van der Waals surface area contributed by atoms with Crippen LogP contribution in [-0.4, -0.2) is 53.7 Å². The van der Waals surface area contributed by atoms with Gasteiger partial charge >= 0.3 is 5.76 Å². The first-order valence-corrected chi connectivity index (χ1v) is 14.9. The van der Waals surface area contributed by atoms with E-state index in [9.17, 15) is 9.59 Å². The highest BCUT2D eigenvalue weighted by molar-refractivity contribution is 5.80. The predicted octanol–water partition coefficient (Wildman–Crippen LogP) is 4.25. The molecule has 43 heavy (non-hydrogen) atoms. The SMILES string of the molecule is CCCc1c(Cc2ccc(-c3ccccc3-c3noc(=O)[nH]3)cc2)c(=O)n([C@H]2CC[C@H](OCCO)CC2)c2nc(C)nn12. The topological polar surface area (TPSA) is 141 Å². The summed E-state index contributed by atoms with van der Waals surface area (Å²) in [5.41, 5.74) is 5.28. The Balaban J connectivity index is 1.35. The smallest absolute Gasteiger partial charge is 0.394 e. The molecule has 5 aromatic rings. The second kappa shape index (κ2) is 12.5. The summed E-state index contributed by atoms with van der Waals surface area (Å²) in [6.45, 7) is 4.31. The number of rotatable bonds is 10. The molecule has 11 nitrogen and oxygen atoms in total. The van der Waals surface area contributed by atoms with E-state index in [4.69, 9.17) is 24.4 Å². The molecule has 0 spiro atoms. The van der Waals surface area contributed by atoms with Crippen LogP contribution in [0.25, 0.3) is 28.3 Å².